The van der Waals surface area contributed by atoms with Crippen LogP contribution in [0, 0.1) is 25.1 Å². The monoisotopic (exact) mass is 544 g/mol. The van der Waals surface area contributed by atoms with E-state index >= 15 is 0 Å². The number of hydrogen-bond acceptors (Lipinski definition) is 7. The highest BCUT2D eigenvalue weighted by Gasteiger charge is 2.47. The number of ether oxygens (including phenoxy) is 1. The molecule has 3 N–H and O–H groups in total. The van der Waals surface area contributed by atoms with Crippen molar-refractivity contribution in [2.24, 2.45) is 5.41 Å². The van der Waals surface area contributed by atoms with E-state index in [0.29, 0.717) is 19.7 Å². The Hall–Kier alpha value is -2.69. The Morgan fingerprint density at radius 3 is 2.51 bits per heavy atom. The number of nitrogen functional groups attached to an aromatic ring is 1. The quantitative estimate of drug-likeness (QED) is 0.398. The van der Waals surface area contributed by atoms with Crippen molar-refractivity contribution in [3.63, 3.8) is 0 Å². The van der Waals surface area contributed by atoms with E-state index < -0.39 is 20.7 Å². The van der Waals surface area contributed by atoms with Gasteiger partial charge in [0.2, 0.25) is 0 Å². The molecule has 1 aromatic heterocycles. The normalized spacial score (nSPS) is 21.5. The van der Waals surface area contributed by atoms with E-state index in [2.05, 4.69) is 23.5 Å². The number of nitrogens with zero attached hydrogens (tertiary/aromatic N) is 2. The van der Waals surface area contributed by atoms with Crippen LogP contribution in [0.4, 0.5) is 20.2 Å². The molecule has 0 bridgehead atoms. The number of aromatic nitrogens is 1. The van der Waals surface area contributed by atoms with E-state index in [4.69, 9.17) is 15.5 Å². The fourth-order valence-corrected chi connectivity index (χ4v) is 8.06. The van der Waals surface area contributed by atoms with Crippen LogP contribution in [0.3, 0.4) is 0 Å². The minimum atomic E-state index is -4.24. The van der Waals surface area contributed by atoms with Gasteiger partial charge in [0, 0.05) is 18.7 Å². The van der Waals surface area contributed by atoms with Crippen LogP contribution in [-0.2, 0) is 14.8 Å². The average molecular weight is 545 g/mol. The van der Waals surface area contributed by atoms with Crippen molar-refractivity contribution in [3.05, 3.63) is 53.3 Å². The van der Waals surface area contributed by atoms with Crippen LogP contribution in [0.25, 0.3) is 11.3 Å². The molecule has 7 nitrogen and oxygen atoms in total. The van der Waals surface area contributed by atoms with E-state index in [1.165, 1.54) is 29.5 Å². The van der Waals surface area contributed by atoms with Crippen LogP contribution < -0.4 is 15.4 Å². The largest absolute Gasteiger partial charge is 0.396 e. The summed E-state index contributed by atoms with van der Waals surface area (Å²) in [6.45, 7) is 10.6. The van der Waals surface area contributed by atoms with E-state index in [1.807, 2.05) is 32.0 Å². The van der Waals surface area contributed by atoms with Crippen molar-refractivity contribution in [2.45, 2.75) is 57.5 Å². The highest BCUT2D eigenvalue weighted by atomic mass is 32.2. The van der Waals surface area contributed by atoms with E-state index in [0.717, 1.165) is 46.6 Å². The van der Waals surface area contributed by atoms with Gasteiger partial charge < -0.3 is 15.4 Å². The number of rotatable bonds is 5. The van der Waals surface area contributed by atoms with E-state index in [-0.39, 0.29) is 21.8 Å². The molecule has 10 heteroatoms. The number of morpholine rings is 1. The molecule has 37 heavy (non-hydrogen) atoms. The van der Waals surface area contributed by atoms with Gasteiger partial charge in [-0.1, -0.05) is 49.4 Å². The third-order valence-corrected chi connectivity index (χ3v) is 9.94. The topological polar surface area (TPSA) is 97.5 Å². The fraction of sp³-hybridized carbons (Fsp3) is 0.444. The summed E-state index contributed by atoms with van der Waals surface area (Å²) in [6, 6.07) is 9.99. The number of halogens is 1. The van der Waals surface area contributed by atoms with Crippen LogP contribution in [0.15, 0.2) is 41.3 Å². The van der Waals surface area contributed by atoms with Crippen LogP contribution in [0.1, 0.15) is 44.2 Å². The SMILES string of the molecule is Cc1cccc(C)c1-c1nc(NS(=O)(=O)c2cccc(N)c2F)sc1N1CCOC2(CCC(C)(C)C2)C1. The number of anilines is 3. The maximum atomic E-state index is 14.6. The van der Waals surface area contributed by atoms with Gasteiger partial charge in [0.05, 0.1) is 17.9 Å². The van der Waals surface area contributed by atoms with E-state index in [1.54, 1.807) is 0 Å². The number of sulfonamides is 1. The van der Waals surface area contributed by atoms with Crippen molar-refractivity contribution >= 4 is 37.2 Å². The van der Waals surface area contributed by atoms with Crippen LogP contribution in [-0.4, -0.2) is 38.7 Å². The predicted molar refractivity (Wildman–Crippen MR) is 147 cm³/mol. The lowest BCUT2D eigenvalue weighted by Crippen LogP contribution is -2.51. The van der Waals surface area contributed by atoms with Gasteiger partial charge in [0.1, 0.15) is 15.6 Å². The second kappa shape index (κ2) is 9.25. The molecule has 5 rings (SSSR count). The van der Waals surface area contributed by atoms with Crippen molar-refractivity contribution in [2.75, 3.05) is 35.1 Å². The summed E-state index contributed by atoms with van der Waals surface area (Å²) < 4.78 is 49.7. The molecule has 1 spiro atoms. The second-order valence-electron chi connectivity index (χ2n) is 11.0. The lowest BCUT2D eigenvalue weighted by atomic mass is 9.88. The van der Waals surface area contributed by atoms with Gasteiger partial charge >= 0.3 is 0 Å². The molecular formula is C27H33FN4O3S2. The third-order valence-electron chi connectivity index (χ3n) is 7.43. The van der Waals surface area contributed by atoms with Gasteiger partial charge in [0.25, 0.3) is 10.0 Å². The van der Waals surface area contributed by atoms with Crippen LogP contribution >= 0.6 is 11.3 Å². The summed E-state index contributed by atoms with van der Waals surface area (Å²) in [4.78, 5) is 6.55. The number of thiazole rings is 1. The van der Waals surface area contributed by atoms with Crippen molar-refractivity contribution in [1.82, 2.24) is 4.98 Å². The number of benzene rings is 2. The lowest BCUT2D eigenvalue weighted by Gasteiger charge is -2.42. The first-order valence-corrected chi connectivity index (χ1v) is 14.7. The molecule has 0 amide bonds. The first kappa shape index (κ1) is 25.9. The Bertz CT molecular complexity index is 1430. The van der Waals surface area contributed by atoms with Gasteiger partial charge in [-0.25, -0.2) is 17.8 Å². The highest BCUT2D eigenvalue weighted by Crippen LogP contribution is 2.49. The molecule has 2 fully saturated rings. The first-order chi connectivity index (χ1) is 17.4. The maximum Gasteiger partial charge on any atom is 0.266 e. The Morgan fingerprint density at radius 2 is 1.84 bits per heavy atom. The molecule has 1 saturated heterocycles. The van der Waals surface area contributed by atoms with Crippen LogP contribution in [0.2, 0.25) is 0 Å². The molecule has 1 aliphatic carbocycles. The Labute approximate surface area is 221 Å². The molecule has 0 radical (unpaired) electrons. The standard InChI is InChI=1S/C27H33FN4O3S2/c1-17-7-5-8-18(2)21(17)23-24(32-13-14-35-27(16-32)12-11-26(3,4)15-27)36-25(30-23)31-37(33,34)20-10-6-9-19(29)22(20)28/h5-10H,11-16,29H2,1-4H3,(H,30,31). The highest BCUT2D eigenvalue weighted by molar-refractivity contribution is 7.93. The Balaban J connectivity index is 1.57. The summed E-state index contributed by atoms with van der Waals surface area (Å²) in [5, 5.41) is 1.07. The molecule has 1 unspecified atom stereocenters. The molecule has 1 atom stereocenters. The number of nitrogens with one attached hydrogen (secondary N) is 1. The smallest absolute Gasteiger partial charge is 0.266 e. The molecule has 1 aliphatic heterocycles. The zero-order valence-corrected chi connectivity index (χ0v) is 23.2. The summed E-state index contributed by atoms with van der Waals surface area (Å²) >= 11 is 1.27. The first-order valence-electron chi connectivity index (χ1n) is 12.4. The molecule has 2 aromatic carbocycles. The number of nitrogens with two attached hydrogens (primary N) is 1. The molecule has 2 heterocycles. The summed E-state index contributed by atoms with van der Waals surface area (Å²) in [5.41, 5.74) is 9.18. The summed E-state index contributed by atoms with van der Waals surface area (Å²) in [7, 11) is -4.24. The predicted octanol–water partition coefficient (Wildman–Crippen LogP) is 5.73. The van der Waals surface area contributed by atoms with E-state index in [9.17, 15) is 12.8 Å². The molecule has 1 saturated carbocycles. The van der Waals surface area contributed by atoms with Gasteiger partial charge in [0.15, 0.2) is 10.9 Å². The van der Waals surface area contributed by atoms with Gasteiger partial charge in [-0.15, -0.1) is 0 Å². The molecular weight excluding hydrogens is 511 g/mol. The minimum Gasteiger partial charge on any atom is -0.396 e. The molecule has 2 aliphatic rings. The third kappa shape index (κ3) is 4.94. The lowest BCUT2D eigenvalue weighted by molar-refractivity contribution is -0.0558. The summed E-state index contributed by atoms with van der Waals surface area (Å²) in [5.74, 6) is -0.972. The number of aryl methyl sites for hydroxylation is 2. The zero-order valence-electron chi connectivity index (χ0n) is 21.6. The Morgan fingerprint density at radius 1 is 1.14 bits per heavy atom. The summed E-state index contributed by atoms with van der Waals surface area (Å²) in [6.07, 6.45) is 3.06. The number of hydrogen-bond donors (Lipinski definition) is 2. The van der Waals surface area contributed by atoms with Gasteiger partial charge in [-0.2, -0.15) is 0 Å². The maximum absolute atomic E-state index is 14.6. The fourth-order valence-electron chi connectivity index (χ4n) is 5.72. The van der Waals surface area contributed by atoms with Crippen LogP contribution in [0.5, 0.6) is 0 Å². The van der Waals surface area contributed by atoms with Crippen molar-refractivity contribution in [3.8, 4) is 11.3 Å². The molecule has 198 valence electrons. The second-order valence-corrected chi connectivity index (χ2v) is 13.6. The average Bonchev–Trinajstić information content (AvgIpc) is 3.35. The molecule has 3 aromatic rings. The van der Waals surface area contributed by atoms with Crippen molar-refractivity contribution in [1.29, 1.82) is 0 Å². The van der Waals surface area contributed by atoms with Gasteiger partial charge in [-0.05, 0) is 61.8 Å². The Kier molecular flexibility index (Phi) is 6.49. The zero-order chi connectivity index (χ0) is 26.6. The minimum absolute atomic E-state index is 0.182. The van der Waals surface area contributed by atoms with Crippen molar-refractivity contribution < 1.29 is 17.5 Å². The van der Waals surface area contributed by atoms with Gasteiger partial charge in [-0.3, -0.25) is 4.72 Å².